The number of likely N-dealkylation sites (N-methyl/N-ethyl adjacent to an activating group) is 1. The number of hydrogen-bond donors (Lipinski definition) is 3. The summed E-state index contributed by atoms with van der Waals surface area (Å²) >= 11 is 0. The normalized spacial score (nSPS) is 10.3. The molecule has 0 aliphatic carbocycles. The van der Waals surface area contributed by atoms with E-state index in [0.717, 1.165) is 17.9 Å². The number of benzene rings is 1. The summed E-state index contributed by atoms with van der Waals surface area (Å²) in [6.07, 6.45) is 0.799. The first-order chi connectivity index (χ1) is 9.21. The number of aliphatic hydroxyl groups is 2. The first-order valence-electron chi connectivity index (χ1n) is 6.57. The summed E-state index contributed by atoms with van der Waals surface area (Å²) in [5.41, 5.74) is 1.76. The quantitative estimate of drug-likeness (QED) is 0.661. The Kier molecular flexibility index (Phi) is 6.92. The second-order valence-corrected chi connectivity index (χ2v) is 4.23. The Bertz CT molecular complexity index is 379. The van der Waals surface area contributed by atoms with Crippen LogP contribution in [-0.4, -0.2) is 42.4 Å². The van der Waals surface area contributed by atoms with Crippen LogP contribution in [0.3, 0.4) is 0 Å². The summed E-state index contributed by atoms with van der Waals surface area (Å²) < 4.78 is 0. The molecule has 1 amide bonds. The van der Waals surface area contributed by atoms with Gasteiger partial charge in [-0.25, -0.2) is 0 Å². The van der Waals surface area contributed by atoms with Crippen molar-refractivity contribution in [3.63, 3.8) is 0 Å². The zero-order valence-corrected chi connectivity index (χ0v) is 11.3. The van der Waals surface area contributed by atoms with E-state index in [9.17, 15) is 4.79 Å². The van der Waals surface area contributed by atoms with Crippen LogP contribution < -0.4 is 10.2 Å². The lowest BCUT2D eigenvalue weighted by atomic mass is 10.2. The van der Waals surface area contributed by atoms with Gasteiger partial charge in [0, 0.05) is 37.5 Å². The Balaban J connectivity index is 2.58. The maximum absolute atomic E-state index is 11.5. The minimum atomic E-state index is -0.0931. The first kappa shape index (κ1) is 15.5. The predicted molar refractivity (Wildman–Crippen MR) is 76.4 cm³/mol. The van der Waals surface area contributed by atoms with E-state index in [1.54, 1.807) is 0 Å². The Morgan fingerprint density at radius 3 is 2.42 bits per heavy atom. The highest BCUT2D eigenvalue weighted by Crippen LogP contribution is 2.17. The average molecular weight is 266 g/mol. The Morgan fingerprint density at radius 1 is 1.21 bits per heavy atom. The van der Waals surface area contributed by atoms with Crippen molar-refractivity contribution in [1.29, 1.82) is 0 Å². The molecule has 5 nitrogen and oxygen atoms in total. The average Bonchev–Trinajstić information content (AvgIpc) is 2.43. The van der Waals surface area contributed by atoms with Crippen molar-refractivity contribution in [1.82, 2.24) is 0 Å². The van der Waals surface area contributed by atoms with Crippen molar-refractivity contribution in [2.45, 2.75) is 19.8 Å². The van der Waals surface area contributed by atoms with E-state index in [1.165, 1.54) is 0 Å². The fraction of sp³-hybridized carbons (Fsp3) is 0.500. The van der Waals surface area contributed by atoms with Crippen LogP contribution in [0.5, 0.6) is 0 Å². The summed E-state index contributed by atoms with van der Waals surface area (Å²) in [5.74, 6) is -0.0931. The summed E-state index contributed by atoms with van der Waals surface area (Å²) in [7, 11) is 0. The first-order valence-corrected chi connectivity index (χ1v) is 6.57. The highest BCUT2D eigenvalue weighted by Gasteiger charge is 2.05. The van der Waals surface area contributed by atoms with E-state index < -0.39 is 0 Å². The summed E-state index contributed by atoms with van der Waals surface area (Å²) in [5, 5.41) is 20.4. The van der Waals surface area contributed by atoms with Gasteiger partial charge >= 0.3 is 0 Å². The van der Waals surface area contributed by atoms with Crippen LogP contribution in [0.4, 0.5) is 11.4 Å². The molecule has 5 heteroatoms. The fourth-order valence-corrected chi connectivity index (χ4v) is 1.81. The smallest absolute Gasteiger partial charge is 0.224 e. The number of nitrogens with one attached hydrogen (secondary N) is 1. The van der Waals surface area contributed by atoms with E-state index in [0.29, 0.717) is 19.4 Å². The molecule has 3 N–H and O–H groups in total. The second kappa shape index (κ2) is 8.50. The topological polar surface area (TPSA) is 72.8 Å². The molecule has 1 rings (SSSR count). The molecule has 19 heavy (non-hydrogen) atoms. The molecule has 0 radical (unpaired) electrons. The number of anilines is 2. The SMILES string of the molecule is CCN(CCO)c1ccc(NC(=O)CCCO)cc1. The van der Waals surface area contributed by atoms with Gasteiger partial charge in [0.15, 0.2) is 0 Å². The van der Waals surface area contributed by atoms with Gasteiger partial charge in [0.25, 0.3) is 0 Å². The van der Waals surface area contributed by atoms with E-state index >= 15 is 0 Å². The largest absolute Gasteiger partial charge is 0.396 e. The summed E-state index contributed by atoms with van der Waals surface area (Å²) in [4.78, 5) is 13.5. The molecule has 0 spiro atoms. The third kappa shape index (κ3) is 5.28. The molecular weight excluding hydrogens is 244 g/mol. The van der Waals surface area contributed by atoms with Crippen molar-refractivity contribution in [2.75, 3.05) is 36.5 Å². The van der Waals surface area contributed by atoms with Gasteiger partial charge < -0.3 is 20.4 Å². The molecule has 0 atom stereocenters. The summed E-state index contributed by atoms with van der Waals surface area (Å²) in [6, 6.07) is 7.51. The standard InChI is InChI=1S/C14H22N2O3/c1-2-16(9-11-18)13-7-5-12(6-8-13)15-14(19)4-3-10-17/h5-8,17-18H,2-4,9-11H2,1H3,(H,15,19). The molecule has 0 aliphatic rings. The maximum atomic E-state index is 11.5. The van der Waals surface area contributed by atoms with Crippen molar-refractivity contribution >= 4 is 17.3 Å². The zero-order chi connectivity index (χ0) is 14.1. The fourth-order valence-electron chi connectivity index (χ4n) is 1.81. The van der Waals surface area contributed by atoms with Gasteiger partial charge in [0.2, 0.25) is 5.91 Å². The molecule has 0 bridgehead atoms. The molecule has 0 saturated heterocycles. The molecule has 0 saturated carbocycles. The van der Waals surface area contributed by atoms with Crippen molar-refractivity contribution < 1.29 is 15.0 Å². The number of rotatable bonds is 8. The van der Waals surface area contributed by atoms with Gasteiger partial charge in [0.05, 0.1) is 6.61 Å². The number of hydrogen-bond acceptors (Lipinski definition) is 4. The lowest BCUT2D eigenvalue weighted by molar-refractivity contribution is -0.116. The summed E-state index contributed by atoms with van der Waals surface area (Å²) in [6.45, 7) is 3.59. The van der Waals surface area contributed by atoms with E-state index in [4.69, 9.17) is 10.2 Å². The van der Waals surface area contributed by atoms with Gasteiger partial charge in [0.1, 0.15) is 0 Å². The molecule has 0 heterocycles. The third-order valence-electron chi connectivity index (χ3n) is 2.83. The molecule has 106 valence electrons. The van der Waals surface area contributed by atoms with Gasteiger partial charge in [-0.15, -0.1) is 0 Å². The minimum absolute atomic E-state index is 0.0268. The molecule has 1 aromatic rings. The number of carbonyl (C=O) groups is 1. The van der Waals surface area contributed by atoms with Crippen LogP contribution in [-0.2, 0) is 4.79 Å². The zero-order valence-electron chi connectivity index (χ0n) is 11.3. The maximum Gasteiger partial charge on any atom is 0.224 e. The van der Waals surface area contributed by atoms with Gasteiger partial charge in [-0.2, -0.15) is 0 Å². The van der Waals surface area contributed by atoms with E-state index in [-0.39, 0.29) is 19.1 Å². The second-order valence-electron chi connectivity index (χ2n) is 4.23. The molecular formula is C14H22N2O3. The van der Waals surface area contributed by atoms with Crippen LogP contribution in [0.25, 0.3) is 0 Å². The molecule has 0 unspecified atom stereocenters. The van der Waals surface area contributed by atoms with Crippen molar-refractivity contribution in [3.8, 4) is 0 Å². The Hall–Kier alpha value is -1.59. The predicted octanol–water partition coefficient (Wildman–Crippen LogP) is 1.22. The van der Waals surface area contributed by atoms with Crippen molar-refractivity contribution in [3.05, 3.63) is 24.3 Å². The van der Waals surface area contributed by atoms with Crippen LogP contribution in [0.2, 0.25) is 0 Å². The Labute approximate surface area is 113 Å². The van der Waals surface area contributed by atoms with Gasteiger partial charge in [-0.1, -0.05) is 0 Å². The molecule has 1 aromatic carbocycles. The molecule has 0 aliphatic heterocycles. The number of amides is 1. The Morgan fingerprint density at radius 2 is 1.89 bits per heavy atom. The van der Waals surface area contributed by atoms with E-state index in [2.05, 4.69) is 10.2 Å². The number of nitrogens with zero attached hydrogens (tertiary/aromatic N) is 1. The van der Waals surface area contributed by atoms with Crippen molar-refractivity contribution in [2.24, 2.45) is 0 Å². The lowest BCUT2D eigenvalue weighted by Gasteiger charge is -2.22. The van der Waals surface area contributed by atoms with Crippen LogP contribution in [0.15, 0.2) is 24.3 Å². The van der Waals surface area contributed by atoms with Crippen LogP contribution >= 0.6 is 0 Å². The van der Waals surface area contributed by atoms with Gasteiger partial charge in [-0.3, -0.25) is 4.79 Å². The van der Waals surface area contributed by atoms with Crippen LogP contribution in [0, 0.1) is 0 Å². The highest BCUT2D eigenvalue weighted by molar-refractivity contribution is 5.90. The molecule has 0 fully saturated rings. The van der Waals surface area contributed by atoms with Gasteiger partial charge in [-0.05, 0) is 37.6 Å². The lowest BCUT2D eigenvalue weighted by Crippen LogP contribution is -2.26. The van der Waals surface area contributed by atoms with Crippen LogP contribution in [0.1, 0.15) is 19.8 Å². The number of carbonyl (C=O) groups excluding carboxylic acids is 1. The highest BCUT2D eigenvalue weighted by atomic mass is 16.3. The minimum Gasteiger partial charge on any atom is -0.396 e. The number of aliphatic hydroxyl groups excluding tert-OH is 2. The molecule has 0 aromatic heterocycles. The third-order valence-corrected chi connectivity index (χ3v) is 2.83. The monoisotopic (exact) mass is 266 g/mol. The van der Waals surface area contributed by atoms with E-state index in [1.807, 2.05) is 31.2 Å².